The van der Waals surface area contributed by atoms with Gasteiger partial charge in [0.1, 0.15) is 5.71 Å². The van der Waals surface area contributed by atoms with E-state index in [4.69, 9.17) is 4.84 Å². The van der Waals surface area contributed by atoms with Crippen molar-refractivity contribution in [2.75, 3.05) is 18.6 Å². The minimum absolute atomic E-state index is 0.0536. The smallest absolute Gasteiger partial charge is 0.271 e. The fraction of sp³-hybridized carbons (Fsp3) is 0.500. The topological polar surface area (TPSA) is 76.0 Å². The van der Waals surface area contributed by atoms with Gasteiger partial charge in [-0.1, -0.05) is 42.4 Å². The van der Waals surface area contributed by atoms with Crippen LogP contribution in [0.2, 0.25) is 0 Å². The number of hydrogen-bond acceptors (Lipinski definition) is 5. The van der Waals surface area contributed by atoms with Crippen LogP contribution in [0, 0.1) is 0 Å². The molecule has 7 heteroatoms. The van der Waals surface area contributed by atoms with Gasteiger partial charge < -0.3 is 9.74 Å². The lowest BCUT2D eigenvalue weighted by Gasteiger charge is -2.24. The quantitative estimate of drug-likeness (QED) is 0.792. The van der Waals surface area contributed by atoms with E-state index < -0.39 is 15.9 Å². The van der Waals surface area contributed by atoms with Gasteiger partial charge in [-0.3, -0.25) is 4.79 Å². The Hall–Kier alpha value is -1.89. The molecule has 23 heavy (non-hydrogen) atoms. The second-order valence-corrected chi connectivity index (χ2v) is 8.11. The number of nitrogens with zero attached hydrogens (tertiary/aromatic N) is 2. The standard InChI is InChI=1S/C16H22N2O4S/c1-4-23(20,21)11-12(2)18(3)16(19)14-10-15(22-17-14)13-8-6-5-7-9-13/h5-9,12,15H,4,10-11H2,1-3H3/t12-,15+/m1/s1. The molecule has 0 radical (unpaired) electrons. The Morgan fingerprint density at radius 1 is 1.39 bits per heavy atom. The van der Waals surface area contributed by atoms with Crippen LogP contribution < -0.4 is 0 Å². The first-order valence-corrected chi connectivity index (χ1v) is 9.41. The van der Waals surface area contributed by atoms with Gasteiger partial charge in [0.05, 0.1) is 5.75 Å². The third-order valence-electron chi connectivity index (χ3n) is 4.00. The highest BCUT2D eigenvalue weighted by Gasteiger charge is 2.31. The van der Waals surface area contributed by atoms with E-state index in [9.17, 15) is 13.2 Å². The predicted octanol–water partition coefficient (Wildman–Crippen LogP) is 1.79. The molecule has 1 aromatic carbocycles. The van der Waals surface area contributed by atoms with Crippen LogP contribution in [0.1, 0.15) is 31.9 Å². The van der Waals surface area contributed by atoms with E-state index in [0.29, 0.717) is 12.1 Å². The molecule has 0 saturated carbocycles. The number of rotatable bonds is 6. The van der Waals surface area contributed by atoms with Crippen molar-refractivity contribution >= 4 is 21.5 Å². The summed E-state index contributed by atoms with van der Waals surface area (Å²) in [5, 5.41) is 3.89. The van der Waals surface area contributed by atoms with Crippen LogP contribution in [0.5, 0.6) is 0 Å². The molecule has 0 saturated heterocycles. The summed E-state index contributed by atoms with van der Waals surface area (Å²) in [5.41, 5.74) is 1.28. The monoisotopic (exact) mass is 338 g/mol. The minimum Gasteiger partial charge on any atom is -0.387 e. The molecule has 126 valence electrons. The Kier molecular flexibility index (Phi) is 5.41. The molecule has 1 amide bonds. The largest absolute Gasteiger partial charge is 0.387 e. The molecule has 0 fully saturated rings. The second-order valence-electron chi connectivity index (χ2n) is 5.71. The zero-order valence-corrected chi connectivity index (χ0v) is 14.4. The van der Waals surface area contributed by atoms with E-state index in [1.807, 2.05) is 30.3 Å². The van der Waals surface area contributed by atoms with Crippen molar-refractivity contribution in [1.82, 2.24) is 4.90 Å². The number of benzene rings is 1. The number of oxime groups is 1. The van der Waals surface area contributed by atoms with Crippen LogP contribution in [-0.2, 0) is 19.5 Å². The molecule has 0 bridgehead atoms. The van der Waals surface area contributed by atoms with Gasteiger partial charge in [0.25, 0.3) is 5.91 Å². The second kappa shape index (κ2) is 7.12. The predicted molar refractivity (Wildman–Crippen MR) is 88.9 cm³/mol. The Bertz CT molecular complexity index is 685. The molecule has 6 nitrogen and oxygen atoms in total. The summed E-state index contributed by atoms with van der Waals surface area (Å²) in [6.45, 7) is 3.32. The van der Waals surface area contributed by atoms with Gasteiger partial charge in [-0.15, -0.1) is 0 Å². The van der Waals surface area contributed by atoms with Crippen LogP contribution in [0.4, 0.5) is 0 Å². The van der Waals surface area contributed by atoms with Crippen LogP contribution >= 0.6 is 0 Å². The molecule has 0 spiro atoms. The average Bonchev–Trinajstić information content (AvgIpc) is 3.04. The van der Waals surface area contributed by atoms with Crippen molar-refractivity contribution in [3.8, 4) is 0 Å². The zero-order chi connectivity index (χ0) is 17.0. The first-order valence-electron chi connectivity index (χ1n) is 7.59. The first-order chi connectivity index (χ1) is 10.8. The van der Waals surface area contributed by atoms with Gasteiger partial charge in [0.2, 0.25) is 0 Å². The van der Waals surface area contributed by atoms with Crippen LogP contribution in [0.3, 0.4) is 0 Å². The van der Waals surface area contributed by atoms with Crippen LogP contribution in [0.15, 0.2) is 35.5 Å². The summed E-state index contributed by atoms with van der Waals surface area (Å²) in [5.74, 6) is -0.274. The summed E-state index contributed by atoms with van der Waals surface area (Å²) >= 11 is 0. The summed E-state index contributed by atoms with van der Waals surface area (Å²) in [7, 11) is -1.55. The molecule has 0 aromatic heterocycles. The summed E-state index contributed by atoms with van der Waals surface area (Å²) in [6.07, 6.45) is 0.124. The third kappa shape index (κ3) is 4.31. The highest BCUT2D eigenvalue weighted by molar-refractivity contribution is 7.91. The van der Waals surface area contributed by atoms with Gasteiger partial charge in [-0.05, 0) is 12.5 Å². The molecular weight excluding hydrogens is 316 g/mol. The third-order valence-corrected chi connectivity index (χ3v) is 5.87. The highest BCUT2D eigenvalue weighted by Crippen LogP contribution is 2.27. The lowest BCUT2D eigenvalue weighted by Crippen LogP contribution is -2.42. The van der Waals surface area contributed by atoms with Gasteiger partial charge in [0, 0.05) is 25.3 Å². The average molecular weight is 338 g/mol. The van der Waals surface area contributed by atoms with Gasteiger partial charge in [-0.25, -0.2) is 8.42 Å². The van der Waals surface area contributed by atoms with Gasteiger partial charge in [-0.2, -0.15) is 0 Å². The molecule has 1 aromatic rings. The van der Waals surface area contributed by atoms with E-state index in [1.165, 1.54) is 4.90 Å². The number of hydrogen-bond donors (Lipinski definition) is 0. The van der Waals surface area contributed by atoms with Crippen LogP contribution in [0.25, 0.3) is 0 Å². The van der Waals surface area contributed by atoms with E-state index in [2.05, 4.69) is 5.16 Å². The summed E-state index contributed by atoms with van der Waals surface area (Å²) < 4.78 is 23.4. The molecule has 1 heterocycles. The van der Waals surface area contributed by atoms with Gasteiger partial charge >= 0.3 is 0 Å². The van der Waals surface area contributed by atoms with Crippen molar-refractivity contribution in [3.63, 3.8) is 0 Å². The molecule has 0 unspecified atom stereocenters. The Labute approximate surface area is 137 Å². The molecule has 2 rings (SSSR count). The van der Waals surface area contributed by atoms with Crippen molar-refractivity contribution in [3.05, 3.63) is 35.9 Å². The maximum Gasteiger partial charge on any atom is 0.271 e. The van der Waals surface area contributed by atoms with Crippen molar-refractivity contribution in [2.45, 2.75) is 32.4 Å². The molecule has 0 N–H and O–H groups in total. The Balaban J connectivity index is 1.98. The number of sulfone groups is 1. The molecule has 2 atom stereocenters. The van der Waals surface area contributed by atoms with Crippen molar-refractivity contribution in [1.29, 1.82) is 0 Å². The fourth-order valence-corrected chi connectivity index (χ4v) is 3.55. The zero-order valence-electron chi connectivity index (χ0n) is 13.6. The molecule has 0 aliphatic carbocycles. The summed E-state index contributed by atoms with van der Waals surface area (Å²) in [4.78, 5) is 19.2. The molecule has 1 aliphatic rings. The summed E-state index contributed by atoms with van der Waals surface area (Å²) in [6, 6.07) is 9.16. The SMILES string of the molecule is CCS(=O)(=O)C[C@@H](C)N(C)C(=O)C1=NO[C@H](c2ccccc2)C1. The van der Waals surface area contributed by atoms with E-state index >= 15 is 0 Å². The maximum absolute atomic E-state index is 12.5. The number of carbonyl (C=O) groups is 1. The molecule has 1 aliphatic heterocycles. The molecular formula is C16H22N2O4S. The number of carbonyl (C=O) groups excluding carboxylic acids is 1. The highest BCUT2D eigenvalue weighted by atomic mass is 32.2. The lowest BCUT2D eigenvalue weighted by atomic mass is 10.0. The first kappa shape index (κ1) is 17.5. The number of amides is 1. The van der Waals surface area contributed by atoms with E-state index in [0.717, 1.165) is 5.56 Å². The lowest BCUT2D eigenvalue weighted by molar-refractivity contribution is -0.124. The van der Waals surface area contributed by atoms with Crippen molar-refractivity contribution in [2.24, 2.45) is 5.16 Å². The maximum atomic E-state index is 12.5. The fourth-order valence-electron chi connectivity index (χ4n) is 2.35. The van der Waals surface area contributed by atoms with E-state index in [-0.39, 0.29) is 23.5 Å². The Morgan fingerprint density at radius 2 is 2.04 bits per heavy atom. The Morgan fingerprint density at radius 3 is 2.65 bits per heavy atom. The normalized spacial score (nSPS) is 18.9. The van der Waals surface area contributed by atoms with E-state index in [1.54, 1.807) is 20.9 Å². The minimum atomic E-state index is -3.14. The van der Waals surface area contributed by atoms with Crippen LogP contribution in [-0.4, -0.2) is 49.5 Å². The van der Waals surface area contributed by atoms with Gasteiger partial charge in [0.15, 0.2) is 15.9 Å². The van der Waals surface area contributed by atoms with Crippen molar-refractivity contribution < 1.29 is 18.0 Å².